The summed E-state index contributed by atoms with van der Waals surface area (Å²) in [5.74, 6) is 0. The van der Waals surface area contributed by atoms with Gasteiger partial charge in [-0.1, -0.05) is 43.4 Å². The summed E-state index contributed by atoms with van der Waals surface area (Å²) in [5, 5.41) is 37.5. The molecule has 1 heterocycles. The van der Waals surface area contributed by atoms with Gasteiger partial charge in [0.1, 0.15) is 0 Å². The summed E-state index contributed by atoms with van der Waals surface area (Å²) in [5.41, 5.74) is 3.94. The summed E-state index contributed by atoms with van der Waals surface area (Å²) in [6.07, 6.45) is 0.360. The van der Waals surface area contributed by atoms with E-state index in [4.69, 9.17) is 0 Å². The van der Waals surface area contributed by atoms with Crippen molar-refractivity contribution in [3.8, 4) is 0 Å². The molecular weight excluding hydrogens is 460 g/mol. The average molecular weight is 489 g/mol. The molecule has 9 heteroatoms. The van der Waals surface area contributed by atoms with Crippen LogP contribution in [0, 0.1) is 0 Å². The van der Waals surface area contributed by atoms with E-state index in [1.54, 1.807) is 12.1 Å². The molecule has 4 aromatic rings. The lowest BCUT2D eigenvalue weighted by Crippen LogP contribution is -2.24. The maximum Gasteiger partial charge on any atom is 0.231 e. The van der Waals surface area contributed by atoms with E-state index in [-0.39, 0.29) is 0 Å². The number of aliphatic hydroxyl groups excluding tert-OH is 1. The molecule has 4 rings (SSSR count). The van der Waals surface area contributed by atoms with E-state index in [2.05, 4.69) is 44.2 Å². The fourth-order valence-electron chi connectivity index (χ4n) is 3.66. The highest BCUT2D eigenvalue weighted by Gasteiger charge is 2.14. The molecule has 0 saturated heterocycles. The first-order valence-electron chi connectivity index (χ1n) is 11.6. The van der Waals surface area contributed by atoms with E-state index in [1.807, 2.05) is 54.6 Å². The van der Waals surface area contributed by atoms with Crippen LogP contribution in [0.5, 0.6) is 0 Å². The van der Waals surface area contributed by atoms with Crippen molar-refractivity contribution in [2.24, 2.45) is 20.5 Å². The standard InChI is InChI=1S/C26H28N6O2S/c1-3-14-32(15-4-2)20-11-13-22(21(17-20)25(33)34)30-31-26-27-23-12-10-19(16-24(23)35-26)29-28-18-8-6-5-7-9-18/h5-13,16-17,25,33-34H,3-4,14-15H2,1-2H3/b29-28+,31-30+. The highest BCUT2D eigenvalue weighted by Crippen LogP contribution is 2.34. The summed E-state index contributed by atoms with van der Waals surface area (Å²) < 4.78 is 0.913. The second-order valence-corrected chi connectivity index (χ2v) is 9.00. The van der Waals surface area contributed by atoms with E-state index in [0.717, 1.165) is 53.2 Å². The van der Waals surface area contributed by atoms with Crippen LogP contribution >= 0.6 is 11.3 Å². The highest BCUT2D eigenvalue weighted by atomic mass is 32.1. The number of aromatic nitrogens is 1. The maximum atomic E-state index is 9.95. The number of fused-ring (bicyclic) bond motifs is 1. The number of nitrogens with zero attached hydrogens (tertiary/aromatic N) is 6. The van der Waals surface area contributed by atoms with Crippen molar-refractivity contribution in [2.75, 3.05) is 18.0 Å². The van der Waals surface area contributed by atoms with Crippen molar-refractivity contribution < 1.29 is 10.2 Å². The molecule has 0 aliphatic carbocycles. The van der Waals surface area contributed by atoms with Gasteiger partial charge in [0.25, 0.3) is 0 Å². The molecule has 0 amide bonds. The van der Waals surface area contributed by atoms with Crippen LogP contribution in [0.15, 0.2) is 87.2 Å². The summed E-state index contributed by atoms with van der Waals surface area (Å²) in [6, 6.07) is 20.7. The predicted molar refractivity (Wildman–Crippen MR) is 141 cm³/mol. The van der Waals surface area contributed by atoms with Gasteiger partial charge >= 0.3 is 0 Å². The zero-order chi connectivity index (χ0) is 24.6. The van der Waals surface area contributed by atoms with E-state index in [0.29, 0.717) is 16.4 Å². The molecule has 0 saturated carbocycles. The third-order valence-corrected chi connectivity index (χ3v) is 6.19. The molecule has 0 aliphatic rings. The van der Waals surface area contributed by atoms with Gasteiger partial charge in [-0.2, -0.15) is 10.2 Å². The van der Waals surface area contributed by atoms with Crippen LogP contribution < -0.4 is 4.90 Å². The zero-order valence-corrected chi connectivity index (χ0v) is 20.6. The molecule has 0 unspecified atom stereocenters. The fraction of sp³-hybridized carbons (Fsp3) is 0.269. The Morgan fingerprint density at radius 2 is 1.57 bits per heavy atom. The first-order chi connectivity index (χ1) is 17.1. The van der Waals surface area contributed by atoms with Crippen LogP contribution in [-0.4, -0.2) is 28.3 Å². The minimum absolute atomic E-state index is 0.313. The van der Waals surface area contributed by atoms with Crippen LogP contribution in [0.1, 0.15) is 38.5 Å². The van der Waals surface area contributed by atoms with Crippen LogP contribution in [0.3, 0.4) is 0 Å². The first kappa shape index (κ1) is 24.6. The molecule has 0 aliphatic heterocycles. The smallest absolute Gasteiger partial charge is 0.231 e. The average Bonchev–Trinajstić information content (AvgIpc) is 3.29. The number of thiazole rings is 1. The Kier molecular flexibility index (Phi) is 8.25. The Morgan fingerprint density at radius 3 is 2.29 bits per heavy atom. The number of anilines is 1. The number of aliphatic hydroxyl groups is 2. The van der Waals surface area contributed by atoms with Crippen molar-refractivity contribution in [2.45, 2.75) is 33.0 Å². The number of hydrogen-bond donors (Lipinski definition) is 2. The molecule has 0 fully saturated rings. The van der Waals surface area contributed by atoms with Crippen molar-refractivity contribution in [1.29, 1.82) is 0 Å². The minimum atomic E-state index is -1.65. The number of hydrogen-bond acceptors (Lipinski definition) is 9. The largest absolute Gasteiger partial charge is 0.372 e. The highest BCUT2D eigenvalue weighted by molar-refractivity contribution is 7.21. The number of rotatable bonds is 10. The molecule has 2 N–H and O–H groups in total. The normalized spacial score (nSPS) is 11.9. The van der Waals surface area contributed by atoms with Crippen LogP contribution in [0.2, 0.25) is 0 Å². The number of benzene rings is 3. The Labute approximate surface area is 208 Å². The van der Waals surface area contributed by atoms with Crippen molar-refractivity contribution in [1.82, 2.24) is 4.98 Å². The van der Waals surface area contributed by atoms with E-state index < -0.39 is 6.29 Å². The summed E-state index contributed by atoms with van der Waals surface area (Å²) >= 11 is 1.38. The van der Waals surface area contributed by atoms with Crippen LogP contribution in [-0.2, 0) is 0 Å². The molecule has 1 aromatic heterocycles. The quantitative estimate of drug-likeness (QED) is 0.176. The van der Waals surface area contributed by atoms with Crippen LogP contribution in [0.25, 0.3) is 10.2 Å². The van der Waals surface area contributed by atoms with E-state index >= 15 is 0 Å². The van der Waals surface area contributed by atoms with Crippen molar-refractivity contribution in [3.63, 3.8) is 0 Å². The summed E-state index contributed by atoms with van der Waals surface area (Å²) in [7, 11) is 0. The molecular formula is C26H28N6O2S. The lowest BCUT2D eigenvalue weighted by Gasteiger charge is -2.25. The lowest BCUT2D eigenvalue weighted by atomic mass is 10.1. The molecule has 35 heavy (non-hydrogen) atoms. The Bertz CT molecular complexity index is 1310. The molecule has 3 aromatic carbocycles. The molecule has 0 spiro atoms. The van der Waals surface area contributed by atoms with Gasteiger partial charge in [0.05, 0.1) is 27.3 Å². The van der Waals surface area contributed by atoms with Gasteiger partial charge in [0.2, 0.25) is 5.13 Å². The molecule has 0 bridgehead atoms. The Hall–Kier alpha value is -3.53. The van der Waals surface area contributed by atoms with E-state index in [1.165, 1.54) is 11.3 Å². The number of azo groups is 2. The summed E-state index contributed by atoms with van der Waals surface area (Å²) in [4.78, 5) is 6.74. The van der Waals surface area contributed by atoms with Gasteiger partial charge in [0, 0.05) is 24.3 Å². The first-order valence-corrected chi connectivity index (χ1v) is 12.4. The summed E-state index contributed by atoms with van der Waals surface area (Å²) in [6.45, 7) is 6.04. The topological polar surface area (TPSA) is 106 Å². The van der Waals surface area contributed by atoms with Gasteiger partial charge in [-0.25, -0.2) is 4.98 Å². The molecule has 0 radical (unpaired) electrons. The van der Waals surface area contributed by atoms with Gasteiger partial charge in [-0.15, -0.1) is 10.2 Å². The monoisotopic (exact) mass is 488 g/mol. The molecule has 8 nitrogen and oxygen atoms in total. The maximum absolute atomic E-state index is 9.95. The Morgan fingerprint density at radius 1 is 0.829 bits per heavy atom. The second kappa shape index (κ2) is 11.7. The van der Waals surface area contributed by atoms with Gasteiger partial charge in [-0.05, 0) is 61.4 Å². The van der Waals surface area contributed by atoms with Crippen molar-refractivity contribution >= 4 is 49.4 Å². The fourth-order valence-corrected chi connectivity index (χ4v) is 4.48. The van der Waals surface area contributed by atoms with E-state index in [9.17, 15) is 10.2 Å². The molecule has 180 valence electrons. The third kappa shape index (κ3) is 6.33. The predicted octanol–water partition coefficient (Wildman–Crippen LogP) is 7.74. The minimum Gasteiger partial charge on any atom is -0.372 e. The second-order valence-electron chi connectivity index (χ2n) is 7.99. The van der Waals surface area contributed by atoms with Gasteiger partial charge < -0.3 is 15.1 Å². The Balaban J connectivity index is 1.56. The van der Waals surface area contributed by atoms with Gasteiger partial charge in [0.15, 0.2) is 6.29 Å². The SMILES string of the molecule is CCCN(CCC)c1ccc(/N=N/c2nc3ccc(/N=N/c4ccccc4)cc3s2)c(C(O)O)c1. The van der Waals surface area contributed by atoms with Gasteiger partial charge in [-0.3, -0.25) is 0 Å². The third-order valence-electron chi connectivity index (χ3n) is 5.28. The van der Waals surface area contributed by atoms with Crippen LogP contribution in [0.4, 0.5) is 27.9 Å². The van der Waals surface area contributed by atoms with Crippen molar-refractivity contribution in [3.05, 3.63) is 72.3 Å². The lowest BCUT2D eigenvalue weighted by molar-refractivity contribution is -0.0419. The molecule has 0 atom stereocenters. The zero-order valence-electron chi connectivity index (χ0n) is 19.7.